The SMILES string of the molecule is CCN(Cc1ccccc1)C(=O)C(=O)Nc1ccc(Nc2ccccc2)cc1. The molecule has 3 aromatic rings. The molecule has 2 amide bonds. The molecule has 142 valence electrons. The molecule has 0 saturated heterocycles. The second-order valence-corrected chi connectivity index (χ2v) is 6.33. The van der Waals surface area contributed by atoms with E-state index in [-0.39, 0.29) is 0 Å². The van der Waals surface area contributed by atoms with Crippen molar-refractivity contribution < 1.29 is 9.59 Å². The Hall–Kier alpha value is -3.60. The Morgan fingerprint density at radius 1 is 0.750 bits per heavy atom. The highest BCUT2D eigenvalue weighted by molar-refractivity contribution is 6.39. The van der Waals surface area contributed by atoms with Crippen LogP contribution in [0.15, 0.2) is 84.9 Å². The number of anilines is 3. The summed E-state index contributed by atoms with van der Waals surface area (Å²) in [6.07, 6.45) is 0. The smallest absolute Gasteiger partial charge is 0.313 e. The summed E-state index contributed by atoms with van der Waals surface area (Å²) in [6, 6.07) is 26.7. The van der Waals surface area contributed by atoms with Crippen molar-refractivity contribution in [3.05, 3.63) is 90.5 Å². The summed E-state index contributed by atoms with van der Waals surface area (Å²) in [4.78, 5) is 26.4. The van der Waals surface area contributed by atoms with Crippen molar-refractivity contribution in [3.8, 4) is 0 Å². The third kappa shape index (κ3) is 5.20. The van der Waals surface area contributed by atoms with E-state index in [4.69, 9.17) is 0 Å². The van der Waals surface area contributed by atoms with Crippen LogP contribution in [0.2, 0.25) is 0 Å². The largest absolute Gasteiger partial charge is 0.356 e. The lowest BCUT2D eigenvalue weighted by Crippen LogP contribution is -2.39. The lowest BCUT2D eigenvalue weighted by Gasteiger charge is -2.20. The molecule has 0 fully saturated rings. The van der Waals surface area contributed by atoms with Crippen LogP contribution in [0.1, 0.15) is 12.5 Å². The summed E-state index contributed by atoms with van der Waals surface area (Å²) in [7, 11) is 0. The van der Waals surface area contributed by atoms with E-state index < -0.39 is 11.8 Å². The lowest BCUT2D eigenvalue weighted by atomic mass is 10.2. The van der Waals surface area contributed by atoms with Crippen LogP contribution in [-0.4, -0.2) is 23.3 Å². The third-order valence-corrected chi connectivity index (χ3v) is 4.28. The first-order valence-electron chi connectivity index (χ1n) is 9.22. The van der Waals surface area contributed by atoms with Gasteiger partial charge in [-0.15, -0.1) is 0 Å². The van der Waals surface area contributed by atoms with E-state index in [1.807, 2.05) is 79.7 Å². The minimum atomic E-state index is -0.637. The number of carbonyl (C=O) groups excluding carboxylic acids is 2. The fraction of sp³-hybridized carbons (Fsp3) is 0.130. The highest BCUT2D eigenvalue weighted by Gasteiger charge is 2.20. The molecule has 0 unspecified atom stereocenters. The molecule has 0 aromatic heterocycles. The van der Waals surface area contributed by atoms with Crippen molar-refractivity contribution in [2.45, 2.75) is 13.5 Å². The summed E-state index contributed by atoms with van der Waals surface area (Å²) >= 11 is 0. The van der Waals surface area contributed by atoms with E-state index in [0.717, 1.165) is 16.9 Å². The van der Waals surface area contributed by atoms with Gasteiger partial charge in [-0.25, -0.2) is 0 Å². The molecule has 0 aliphatic carbocycles. The number of hydrogen-bond donors (Lipinski definition) is 2. The molecule has 3 rings (SSSR count). The quantitative estimate of drug-likeness (QED) is 0.629. The number of likely N-dealkylation sites (N-methyl/N-ethyl adjacent to an activating group) is 1. The van der Waals surface area contributed by atoms with Crippen LogP contribution in [-0.2, 0) is 16.1 Å². The van der Waals surface area contributed by atoms with Gasteiger partial charge in [0.2, 0.25) is 0 Å². The summed E-state index contributed by atoms with van der Waals surface area (Å²) in [5.74, 6) is -1.18. The molecule has 0 aliphatic heterocycles. The van der Waals surface area contributed by atoms with Crippen LogP contribution in [0.5, 0.6) is 0 Å². The molecule has 28 heavy (non-hydrogen) atoms. The lowest BCUT2D eigenvalue weighted by molar-refractivity contribution is -0.143. The number of hydrogen-bond acceptors (Lipinski definition) is 3. The summed E-state index contributed by atoms with van der Waals surface area (Å²) < 4.78 is 0. The first-order valence-corrected chi connectivity index (χ1v) is 9.22. The van der Waals surface area contributed by atoms with Crippen LogP contribution < -0.4 is 10.6 Å². The van der Waals surface area contributed by atoms with Crippen molar-refractivity contribution in [1.29, 1.82) is 0 Å². The van der Waals surface area contributed by atoms with Gasteiger partial charge in [-0.3, -0.25) is 9.59 Å². The second kappa shape index (κ2) is 9.37. The van der Waals surface area contributed by atoms with Crippen molar-refractivity contribution in [2.24, 2.45) is 0 Å². The van der Waals surface area contributed by atoms with Gasteiger partial charge in [0.1, 0.15) is 0 Å². The third-order valence-electron chi connectivity index (χ3n) is 4.28. The maximum atomic E-state index is 12.5. The first-order chi connectivity index (χ1) is 13.7. The normalized spacial score (nSPS) is 10.2. The number of amides is 2. The van der Waals surface area contributed by atoms with Gasteiger partial charge in [-0.2, -0.15) is 0 Å². The van der Waals surface area contributed by atoms with Gasteiger partial charge in [0, 0.05) is 30.2 Å². The fourth-order valence-corrected chi connectivity index (χ4v) is 2.78. The van der Waals surface area contributed by atoms with Crippen LogP contribution in [0, 0.1) is 0 Å². The number of carbonyl (C=O) groups is 2. The average molecular weight is 373 g/mol. The molecule has 0 spiro atoms. The molecule has 3 aromatic carbocycles. The summed E-state index contributed by atoms with van der Waals surface area (Å²) in [6.45, 7) is 2.72. The zero-order chi connectivity index (χ0) is 19.8. The maximum absolute atomic E-state index is 12.5. The minimum absolute atomic E-state index is 0.406. The van der Waals surface area contributed by atoms with E-state index in [2.05, 4.69) is 10.6 Å². The molecular formula is C23H23N3O2. The van der Waals surface area contributed by atoms with E-state index in [1.165, 1.54) is 4.90 Å². The first kappa shape index (κ1) is 19.2. The summed E-state index contributed by atoms with van der Waals surface area (Å²) in [5, 5.41) is 5.95. The number of para-hydroxylation sites is 1. The highest BCUT2D eigenvalue weighted by Crippen LogP contribution is 2.18. The van der Waals surface area contributed by atoms with Crippen LogP contribution in [0.3, 0.4) is 0 Å². The monoisotopic (exact) mass is 373 g/mol. The number of benzene rings is 3. The Labute approximate surface area is 165 Å². The predicted molar refractivity (Wildman–Crippen MR) is 112 cm³/mol. The molecule has 5 nitrogen and oxygen atoms in total. The maximum Gasteiger partial charge on any atom is 0.313 e. The molecule has 0 bridgehead atoms. The Kier molecular flexibility index (Phi) is 6.41. The zero-order valence-electron chi connectivity index (χ0n) is 15.8. The van der Waals surface area contributed by atoms with Crippen molar-refractivity contribution in [1.82, 2.24) is 4.90 Å². The number of nitrogens with zero attached hydrogens (tertiary/aromatic N) is 1. The Morgan fingerprint density at radius 3 is 1.89 bits per heavy atom. The van der Waals surface area contributed by atoms with Gasteiger partial charge in [0.25, 0.3) is 0 Å². The minimum Gasteiger partial charge on any atom is -0.356 e. The summed E-state index contributed by atoms with van der Waals surface area (Å²) in [5.41, 5.74) is 3.44. The molecule has 2 N–H and O–H groups in total. The molecular weight excluding hydrogens is 350 g/mol. The van der Waals surface area contributed by atoms with E-state index in [0.29, 0.717) is 18.8 Å². The fourth-order valence-electron chi connectivity index (χ4n) is 2.78. The van der Waals surface area contributed by atoms with Crippen LogP contribution in [0.25, 0.3) is 0 Å². The van der Waals surface area contributed by atoms with Crippen molar-refractivity contribution in [2.75, 3.05) is 17.2 Å². The molecule has 5 heteroatoms. The number of nitrogens with one attached hydrogen (secondary N) is 2. The number of rotatable bonds is 6. The van der Waals surface area contributed by atoms with Crippen LogP contribution >= 0.6 is 0 Å². The highest BCUT2D eigenvalue weighted by atomic mass is 16.2. The molecule has 0 atom stereocenters. The van der Waals surface area contributed by atoms with Crippen molar-refractivity contribution in [3.63, 3.8) is 0 Å². The van der Waals surface area contributed by atoms with Gasteiger partial charge in [-0.05, 0) is 48.9 Å². The van der Waals surface area contributed by atoms with Crippen molar-refractivity contribution >= 4 is 28.9 Å². The van der Waals surface area contributed by atoms with Gasteiger partial charge in [-0.1, -0.05) is 48.5 Å². The molecule has 0 aliphatic rings. The predicted octanol–water partition coefficient (Wildman–Crippen LogP) is 4.42. The van der Waals surface area contributed by atoms with E-state index >= 15 is 0 Å². The van der Waals surface area contributed by atoms with Gasteiger partial charge < -0.3 is 15.5 Å². The second-order valence-electron chi connectivity index (χ2n) is 6.33. The molecule has 0 saturated carbocycles. The van der Waals surface area contributed by atoms with Gasteiger partial charge in [0.05, 0.1) is 0 Å². The van der Waals surface area contributed by atoms with E-state index in [1.54, 1.807) is 12.1 Å². The Bertz CT molecular complexity index is 910. The van der Waals surface area contributed by atoms with E-state index in [9.17, 15) is 9.59 Å². The standard InChI is InChI=1S/C23H23N3O2/c1-2-26(17-18-9-5-3-6-10-18)23(28)22(27)25-21-15-13-20(14-16-21)24-19-11-7-4-8-12-19/h3-16,24H,2,17H2,1H3,(H,25,27). The van der Waals surface area contributed by atoms with Crippen LogP contribution in [0.4, 0.5) is 17.1 Å². The topological polar surface area (TPSA) is 61.4 Å². The Balaban J connectivity index is 1.59. The molecule has 0 heterocycles. The Morgan fingerprint density at radius 2 is 1.29 bits per heavy atom. The molecule has 0 radical (unpaired) electrons. The van der Waals surface area contributed by atoms with Gasteiger partial charge >= 0.3 is 11.8 Å². The zero-order valence-corrected chi connectivity index (χ0v) is 15.8. The average Bonchev–Trinajstić information content (AvgIpc) is 2.74. The van der Waals surface area contributed by atoms with Gasteiger partial charge in [0.15, 0.2) is 0 Å².